The molecule has 5 atom stereocenters. The molecular weight excluding hydrogens is 315 g/mol. The maximum absolute atomic E-state index is 13.6. The molecule has 4 radical (unpaired) electrons. The normalized spacial score (nSPS) is 36.0. The summed E-state index contributed by atoms with van der Waals surface area (Å²) in [5, 5.41) is 12.6. The Labute approximate surface area is 141 Å². The summed E-state index contributed by atoms with van der Waals surface area (Å²) in [6.07, 6.45) is 0.666. The van der Waals surface area contributed by atoms with Crippen LogP contribution in [0.3, 0.4) is 0 Å². The predicted molar refractivity (Wildman–Crippen MR) is 91.1 cm³/mol. The van der Waals surface area contributed by atoms with E-state index < -0.39 is 19.6 Å². The lowest BCUT2D eigenvalue weighted by atomic mass is 9.98. The molecule has 0 aliphatic carbocycles. The summed E-state index contributed by atoms with van der Waals surface area (Å²) in [7, 11) is 12.5. The molecule has 2 aliphatic rings. The zero-order valence-corrected chi connectivity index (χ0v) is 14.8. The van der Waals surface area contributed by atoms with Gasteiger partial charge in [-0.15, -0.1) is 0 Å². The van der Waals surface area contributed by atoms with Crippen molar-refractivity contribution < 1.29 is 19.1 Å². The number of morpholine rings is 2. The number of hydrogen-bond donors (Lipinski definition) is 2. The molecular formula is C13H26B2N3O4P. The van der Waals surface area contributed by atoms with Gasteiger partial charge in [0.15, 0.2) is 0 Å². The van der Waals surface area contributed by atoms with Gasteiger partial charge >= 0.3 is 0 Å². The van der Waals surface area contributed by atoms with Gasteiger partial charge in [-0.1, -0.05) is 0 Å². The van der Waals surface area contributed by atoms with Gasteiger partial charge in [0.05, 0.1) is 18.8 Å². The van der Waals surface area contributed by atoms with Crippen LogP contribution >= 0.6 is 7.44 Å². The zero-order valence-electron chi connectivity index (χ0n) is 13.9. The summed E-state index contributed by atoms with van der Waals surface area (Å²) in [6, 6.07) is -0.863. The minimum Gasteiger partial charge on any atom is -0.394 e. The number of hydrogen-bond acceptors (Lipinski definition) is 5. The molecule has 0 aromatic heterocycles. The smallest absolute Gasteiger partial charge is 0.216 e. The van der Waals surface area contributed by atoms with Crippen molar-refractivity contribution >= 4 is 23.1 Å². The summed E-state index contributed by atoms with van der Waals surface area (Å²) < 4.78 is 28.3. The van der Waals surface area contributed by atoms with E-state index in [1.807, 2.05) is 4.67 Å². The van der Waals surface area contributed by atoms with Crippen molar-refractivity contribution in [3.8, 4) is 0 Å². The van der Waals surface area contributed by atoms with E-state index in [4.69, 9.17) is 25.2 Å². The maximum Gasteiger partial charge on any atom is 0.216 e. The first-order chi connectivity index (χ1) is 10.8. The lowest BCUT2D eigenvalue weighted by Gasteiger charge is -2.43. The fourth-order valence-corrected chi connectivity index (χ4v) is 5.68. The molecule has 2 fully saturated rings. The molecule has 2 saturated heterocycles. The number of aliphatic hydroxyl groups excluding tert-OH is 1. The van der Waals surface area contributed by atoms with E-state index in [2.05, 4.69) is 5.32 Å². The Morgan fingerprint density at radius 3 is 2.52 bits per heavy atom. The van der Waals surface area contributed by atoms with Crippen LogP contribution in [0.1, 0.15) is 6.42 Å². The molecule has 2 aliphatic heterocycles. The molecule has 128 valence electrons. The van der Waals surface area contributed by atoms with Crippen LogP contribution in [0.25, 0.3) is 0 Å². The summed E-state index contributed by atoms with van der Waals surface area (Å²) in [5.74, 6) is 0. The highest BCUT2D eigenvalue weighted by atomic mass is 31.2. The lowest BCUT2D eigenvalue weighted by molar-refractivity contribution is -0.0517. The van der Waals surface area contributed by atoms with E-state index in [-0.39, 0.29) is 18.7 Å². The molecule has 0 bridgehead atoms. The fourth-order valence-electron chi connectivity index (χ4n) is 3.01. The Morgan fingerprint density at radius 2 is 1.91 bits per heavy atom. The maximum atomic E-state index is 13.6. The van der Waals surface area contributed by atoms with Crippen LogP contribution in [0, 0.1) is 0 Å². The van der Waals surface area contributed by atoms with Gasteiger partial charge in [0.25, 0.3) is 0 Å². The molecule has 5 unspecified atom stereocenters. The Balaban J connectivity index is 2.01. The van der Waals surface area contributed by atoms with Gasteiger partial charge in [-0.25, -0.2) is 9.34 Å². The minimum absolute atomic E-state index is 0.0459. The van der Waals surface area contributed by atoms with Crippen LogP contribution in [0.4, 0.5) is 0 Å². The SMILES string of the molecule is [B]C1CNCC(CCP(=O)(N(C)C)N2CC([B])OC(CO)C2)O1. The average molecular weight is 341 g/mol. The van der Waals surface area contributed by atoms with Crippen LogP contribution in [0.15, 0.2) is 0 Å². The number of nitrogens with one attached hydrogen (secondary N) is 1. The van der Waals surface area contributed by atoms with Crippen molar-refractivity contribution in [1.82, 2.24) is 14.7 Å². The fraction of sp³-hybridized carbons (Fsp3) is 1.00. The molecule has 0 aromatic carbocycles. The second kappa shape index (κ2) is 8.48. The molecule has 2 N–H and O–H groups in total. The highest BCUT2D eigenvalue weighted by Gasteiger charge is 2.39. The van der Waals surface area contributed by atoms with Crippen molar-refractivity contribution in [3.05, 3.63) is 0 Å². The van der Waals surface area contributed by atoms with Gasteiger partial charge in [0.1, 0.15) is 15.7 Å². The largest absolute Gasteiger partial charge is 0.394 e. The van der Waals surface area contributed by atoms with Gasteiger partial charge in [-0.3, -0.25) is 4.57 Å². The Morgan fingerprint density at radius 1 is 1.22 bits per heavy atom. The molecule has 0 amide bonds. The van der Waals surface area contributed by atoms with Gasteiger partial charge < -0.3 is 19.9 Å². The molecule has 10 heteroatoms. The van der Waals surface area contributed by atoms with Crippen LogP contribution in [0.2, 0.25) is 0 Å². The predicted octanol–water partition coefficient (Wildman–Crippen LogP) is -1.20. The molecule has 2 heterocycles. The first-order valence-corrected chi connectivity index (χ1v) is 9.81. The van der Waals surface area contributed by atoms with Crippen molar-refractivity contribution in [1.29, 1.82) is 0 Å². The first kappa shape index (κ1) is 19.4. The number of aliphatic hydroxyl groups is 1. The molecule has 0 aromatic rings. The number of rotatable bonds is 6. The van der Waals surface area contributed by atoms with E-state index in [1.165, 1.54) is 0 Å². The minimum atomic E-state index is -2.79. The van der Waals surface area contributed by atoms with E-state index in [0.717, 1.165) is 0 Å². The lowest BCUT2D eigenvalue weighted by Crippen LogP contribution is -2.50. The van der Waals surface area contributed by atoms with Crippen molar-refractivity contribution in [2.75, 3.05) is 53.0 Å². The van der Waals surface area contributed by atoms with Crippen LogP contribution in [-0.2, 0) is 14.0 Å². The first-order valence-electron chi connectivity index (χ1n) is 8.01. The Kier molecular flexibility index (Phi) is 7.17. The van der Waals surface area contributed by atoms with Gasteiger partial charge in [0.2, 0.25) is 7.44 Å². The van der Waals surface area contributed by atoms with Crippen molar-refractivity contribution in [2.45, 2.75) is 30.6 Å². The number of ether oxygens (including phenoxy) is 2. The van der Waals surface area contributed by atoms with Gasteiger partial charge in [-0.2, -0.15) is 0 Å². The summed E-state index contributed by atoms with van der Waals surface area (Å²) in [5.41, 5.74) is 0. The quantitative estimate of drug-likeness (QED) is 0.465. The second-order valence-corrected chi connectivity index (χ2v) is 9.47. The van der Waals surface area contributed by atoms with Crippen LogP contribution in [0.5, 0.6) is 0 Å². The summed E-state index contributed by atoms with van der Waals surface area (Å²) in [4.78, 5) is 0. The van der Waals surface area contributed by atoms with E-state index in [9.17, 15) is 9.67 Å². The van der Waals surface area contributed by atoms with Crippen molar-refractivity contribution in [2.24, 2.45) is 0 Å². The van der Waals surface area contributed by atoms with Gasteiger partial charge in [-0.05, 0) is 20.5 Å². The third-order valence-electron chi connectivity index (χ3n) is 4.27. The highest BCUT2D eigenvalue weighted by molar-refractivity contribution is 7.59. The van der Waals surface area contributed by atoms with Crippen LogP contribution < -0.4 is 5.32 Å². The third kappa shape index (κ3) is 5.05. The van der Waals surface area contributed by atoms with E-state index in [0.29, 0.717) is 38.8 Å². The Bertz CT molecular complexity index is 432. The molecule has 0 spiro atoms. The van der Waals surface area contributed by atoms with Gasteiger partial charge in [0, 0.05) is 44.3 Å². The standard InChI is InChI=1S/C13H26B2N3O4P/c1-17(2)23(20,4-3-10-5-16-6-12(14)21-10)18-7-11(9-19)22-13(15)8-18/h10-13,16,19H,3-9H2,1-2H3. The summed E-state index contributed by atoms with van der Waals surface area (Å²) in [6.45, 7) is 2.00. The van der Waals surface area contributed by atoms with Crippen molar-refractivity contribution in [3.63, 3.8) is 0 Å². The molecule has 7 nitrogen and oxygen atoms in total. The molecule has 23 heavy (non-hydrogen) atoms. The average Bonchev–Trinajstić information content (AvgIpc) is 2.51. The monoisotopic (exact) mass is 341 g/mol. The zero-order chi connectivity index (χ0) is 17.0. The summed E-state index contributed by atoms with van der Waals surface area (Å²) >= 11 is 0. The second-order valence-electron chi connectivity index (χ2n) is 6.33. The highest BCUT2D eigenvalue weighted by Crippen LogP contribution is 2.53. The van der Waals surface area contributed by atoms with Crippen LogP contribution in [-0.4, -0.2) is 107 Å². The Hall–Kier alpha value is 0.120. The topological polar surface area (TPSA) is 74.3 Å². The number of nitrogens with zero attached hydrogens (tertiary/aromatic N) is 2. The van der Waals surface area contributed by atoms with E-state index in [1.54, 1.807) is 18.8 Å². The van der Waals surface area contributed by atoms with E-state index >= 15 is 0 Å². The molecule has 2 rings (SSSR count). The molecule has 0 saturated carbocycles. The third-order valence-corrected chi connectivity index (χ3v) is 7.57.